The molecule has 2 heterocycles. The van der Waals surface area contributed by atoms with E-state index in [1.165, 1.54) is 0 Å². The number of aryl methyl sites for hydroxylation is 1. The van der Waals surface area contributed by atoms with Gasteiger partial charge in [0.05, 0.1) is 12.6 Å². The van der Waals surface area contributed by atoms with Crippen LogP contribution in [0.15, 0.2) is 28.1 Å². The predicted octanol–water partition coefficient (Wildman–Crippen LogP) is 3.15. The molecule has 0 fully saturated rings. The minimum Gasteiger partial charge on any atom is -0.465 e. The second-order valence-corrected chi connectivity index (χ2v) is 4.62. The summed E-state index contributed by atoms with van der Waals surface area (Å²) in [5.74, 6) is 2.03. The molecule has 0 radical (unpaired) electrons. The lowest BCUT2D eigenvalue weighted by molar-refractivity contribution is 0.435. The van der Waals surface area contributed by atoms with Crippen LogP contribution < -0.4 is 5.32 Å². The summed E-state index contributed by atoms with van der Waals surface area (Å²) < 4.78 is 5.62. The lowest BCUT2D eigenvalue weighted by Crippen LogP contribution is -2.17. The maximum Gasteiger partial charge on any atom is 0.117 e. The van der Waals surface area contributed by atoms with E-state index < -0.39 is 0 Å². The van der Waals surface area contributed by atoms with Crippen LogP contribution in [0.3, 0.4) is 0 Å². The van der Waals surface area contributed by atoms with Gasteiger partial charge in [0.25, 0.3) is 0 Å². The molecule has 1 N–H and O–H groups in total. The molecule has 0 aliphatic carbocycles. The van der Waals surface area contributed by atoms with Gasteiger partial charge < -0.3 is 9.73 Å². The average molecular weight is 236 g/mol. The molecule has 0 aromatic carbocycles. The molecule has 3 nitrogen and oxygen atoms in total. The molecule has 2 aromatic heterocycles. The second kappa shape index (κ2) is 5.27. The van der Waals surface area contributed by atoms with E-state index in [1.807, 2.05) is 23.7 Å². The first-order valence-electron chi connectivity index (χ1n) is 5.50. The SMILES string of the molecule is CCc1ccc(CNC(C)c2nccs2)o1. The van der Waals surface area contributed by atoms with E-state index in [1.54, 1.807) is 11.3 Å². The molecule has 0 amide bonds. The van der Waals surface area contributed by atoms with Gasteiger partial charge in [0, 0.05) is 18.0 Å². The van der Waals surface area contributed by atoms with Crippen LogP contribution in [0.5, 0.6) is 0 Å². The summed E-state index contributed by atoms with van der Waals surface area (Å²) in [5, 5.41) is 6.50. The molecule has 1 unspecified atom stereocenters. The van der Waals surface area contributed by atoms with Gasteiger partial charge in [-0.25, -0.2) is 4.98 Å². The van der Waals surface area contributed by atoms with Gasteiger partial charge in [-0.1, -0.05) is 6.92 Å². The highest BCUT2D eigenvalue weighted by Crippen LogP contribution is 2.16. The first-order valence-corrected chi connectivity index (χ1v) is 6.38. The van der Waals surface area contributed by atoms with Crippen LogP contribution in [0.2, 0.25) is 0 Å². The molecule has 0 spiro atoms. The zero-order valence-corrected chi connectivity index (χ0v) is 10.4. The van der Waals surface area contributed by atoms with Crippen molar-refractivity contribution >= 4 is 11.3 Å². The van der Waals surface area contributed by atoms with Crippen molar-refractivity contribution in [1.82, 2.24) is 10.3 Å². The maximum atomic E-state index is 5.62. The van der Waals surface area contributed by atoms with Crippen LogP contribution in [-0.4, -0.2) is 4.98 Å². The number of nitrogens with zero attached hydrogens (tertiary/aromatic N) is 1. The normalized spacial score (nSPS) is 12.9. The van der Waals surface area contributed by atoms with Gasteiger partial charge in [-0.2, -0.15) is 0 Å². The number of rotatable bonds is 5. The lowest BCUT2D eigenvalue weighted by atomic mass is 10.3. The van der Waals surface area contributed by atoms with Crippen molar-refractivity contribution in [3.8, 4) is 0 Å². The standard InChI is InChI=1S/C12H16N2OS/c1-3-10-4-5-11(15-10)8-14-9(2)12-13-6-7-16-12/h4-7,9,14H,3,8H2,1-2H3. The number of aromatic nitrogens is 1. The largest absolute Gasteiger partial charge is 0.465 e. The highest BCUT2D eigenvalue weighted by molar-refractivity contribution is 7.09. The number of hydrogen-bond donors (Lipinski definition) is 1. The number of nitrogens with one attached hydrogen (secondary N) is 1. The zero-order valence-electron chi connectivity index (χ0n) is 9.56. The number of hydrogen-bond acceptors (Lipinski definition) is 4. The fraction of sp³-hybridized carbons (Fsp3) is 0.417. The van der Waals surface area contributed by atoms with E-state index >= 15 is 0 Å². The highest BCUT2D eigenvalue weighted by atomic mass is 32.1. The lowest BCUT2D eigenvalue weighted by Gasteiger charge is -2.09. The molecule has 0 bridgehead atoms. The molecule has 4 heteroatoms. The van der Waals surface area contributed by atoms with E-state index in [4.69, 9.17) is 4.42 Å². The molecule has 0 saturated carbocycles. The highest BCUT2D eigenvalue weighted by Gasteiger charge is 2.08. The molecule has 2 rings (SSSR count). The van der Waals surface area contributed by atoms with Crippen molar-refractivity contribution in [3.63, 3.8) is 0 Å². The van der Waals surface area contributed by atoms with Crippen LogP contribution in [0.1, 0.15) is 36.4 Å². The topological polar surface area (TPSA) is 38.1 Å². The average Bonchev–Trinajstić information content (AvgIpc) is 2.96. The van der Waals surface area contributed by atoms with Gasteiger partial charge in [0.1, 0.15) is 16.5 Å². The molecule has 0 aliphatic rings. The Morgan fingerprint density at radius 3 is 2.88 bits per heavy atom. The minimum atomic E-state index is 0.273. The quantitative estimate of drug-likeness (QED) is 0.866. The van der Waals surface area contributed by atoms with Gasteiger partial charge in [-0.15, -0.1) is 11.3 Å². The Kier molecular flexibility index (Phi) is 3.74. The smallest absolute Gasteiger partial charge is 0.117 e. The first kappa shape index (κ1) is 11.4. The van der Waals surface area contributed by atoms with Gasteiger partial charge in [-0.05, 0) is 19.1 Å². The summed E-state index contributed by atoms with van der Waals surface area (Å²) in [6.45, 7) is 4.96. The summed E-state index contributed by atoms with van der Waals surface area (Å²) in [6, 6.07) is 4.33. The van der Waals surface area contributed by atoms with E-state index in [0.29, 0.717) is 0 Å². The predicted molar refractivity (Wildman–Crippen MR) is 65.5 cm³/mol. The number of furan rings is 1. The fourth-order valence-electron chi connectivity index (χ4n) is 1.50. The third-order valence-electron chi connectivity index (χ3n) is 2.47. The first-order chi connectivity index (χ1) is 7.79. The monoisotopic (exact) mass is 236 g/mol. The van der Waals surface area contributed by atoms with Gasteiger partial charge >= 0.3 is 0 Å². The Labute approximate surface area is 99.5 Å². The molecular formula is C12H16N2OS. The number of thiazole rings is 1. The van der Waals surface area contributed by atoms with Crippen molar-refractivity contribution in [2.45, 2.75) is 32.9 Å². The van der Waals surface area contributed by atoms with Crippen LogP contribution in [-0.2, 0) is 13.0 Å². The Balaban J connectivity index is 1.87. The third kappa shape index (κ3) is 2.71. The van der Waals surface area contributed by atoms with Crippen LogP contribution in [0.25, 0.3) is 0 Å². The molecule has 16 heavy (non-hydrogen) atoms. The Hall–Kier alpha value is -1.13. The van der Waals surface area contributed by atoms with E-state index in [0.717, 1.165) is 29.5 Å². The van der Waals surface area contributed by atoms with Gasteiger partial charge in [0.2, 0.25) is 0 Å². The van der Waals surface area contributed by atoms with E-state index in [-0.39, 0.29) is 6.04 Å². The van der Waals surface area contributed by atoms with Crippen LogP contribution >= 0.6 is 11.3 Å². The summed E-state index contributed by atoms with van der Waals surface area (Å²) >= 11 is 1.67. The second-order valence-electron chi connectivity index (χ2n) is 3.69. The molecule has 86 valence electrons. The Morgan fingerprint density at radius 2 is 2.25 bits per heavy atom. The molecule has 2 aromatic rings. The summed E-state index contributed by atoms with van der Waals surface area (Å²) in [6.07, 6.45) is 2.78. The van der Waals surface area contributed by atoms with Crippen molar-refractivity contribution in [1.29, 1.82) is 0 Å². The van der Waals surface area contributed by atoms with Crippen molar-refractivity contribution in [2.75, 3.05) is 0 Å². The van der Waals surface area contributed by atoms with Crippen LogP contribution in [0, 0.1) is 0 Å². The van der Waals surface area contributed by atoms with Crippen molar-refractivity contribution in [2.24, 2.45) is 0 Å². The third-order valence-corrected chi connectivity index (χ3v) is 3.43. The fourth-order valence-corrected chi connectivity index (χ4v) is 2.17. The zero-order chi connectivity index (χ0) is 11.4. The molecule has 0 saturated heterocycles. The van der Waals surface area contributed by atoms with Crippen molar-refractivity contribution < 1.29 is 4.42 Å². The molecule has 0 aliphatic heterocycles. The van der Waals surface area contributed by atoms with Crippen LogP contribution in [0.4, 0.5) is 0 Å². The Bertz CT molecular complexity index is 422. The van der Waals surface area contributed by atoms with Crippen molar-refractivity contribution in [3.05, 3.63) is 40.2 Å². The maximum absolute atomic E-state index is 5.62. The summed E-state index contributed by atoms with van der Waals surface area (Å²) in [5.41, 5.74) is 0. The van der Waals surface area contributed by atoms with E-state index in [9.17, 15) is 0 Å². The Morgan fingerprint density at radius 1 is 1.44 bits per heavy atom. The minimum absolute atomic E-state index is 0.273. The van der Waals surface area contributed by atoms with E-state index in [2.05, 4.69) is 24.1 Å². The van der Waals surface area contributed by atoms with Gasteiger partial charge in [-0.3, -0.25) is 0 Å². The summed E-state index contributed by atoms with van der Waals surface area (Å²) in [4.78, 5) is 4.28. The van der Waals surface area contributed by atoms with Gasteiger partial charge in [0.15, 0.2) is 0 Å². The molecular weight excluding hydrogens is 220 g/mol. The molecule has 1 atom stereocenters. The summed E-state index contributed by atoms with van der Waals surface area (Å²) in [7, 11) is 0.